The molecule has 2 aromatic heterocycles. The summed E-state index contributed by atoms with van der Waals surface area (Å²) >= 11 is 0. The third-order valence-electron chi connectivity index (χ3n) is 3.25. The molecule has 5 heteroatoms. The topological polar surface area (TPSA) is 59.8 Å². The third-order valence-corrected chi connectivity index (χ3v) is 3.25. The maximum atomic E-state index is 12.5. The van der Waals surface area contributed by atoms with Gasteiger partial charge in [0.25, 0.3) is 5.91 Å². The van der Waals surface area contributed by atoms with Crippen molar-refractivity contribution in [1.29, 1.82) is 0 Å². The summed E-state index contributed by atoms with van der Waals surface area (Å²) in [7, 11) is 0. The van der Waals surface area contributed by atoms with Crippen molar-refractivity contribution in [2.75, 3.05) is 5.32 Å². The molecule has 0 fully saturated rings. The number of carbonyl (C=O) groups is 1. The lowest BCUT2D eigenvalue weighted by Gasteiger charge is -2.10. The average molecular weight is 272 g/mol. The number of aryl methyl sites for hydroxylation is 1. The number of nitrogens with zero attached hydrogens (tertiary/aromatic N) is 3. The standard InChI is InChI=1S/C15H20N4O/c1-9(2)16-14-8-6-7-13(17-14)15(20)19-12(5)10(3)11(4)18-19/h6-9H,1-5H3,(H,16,17). The van der Waals surface area contributed by atoms with E-state index in [-0.39, 0.29) is 11.9 Å². The van der Waals surface area contributed by atoms with Crippen LogP contribution in [0.1, 0.15) is 41.3 Å². The first kappa shape index (κ1) is 14.2. The normalized spacial score (nSPS) is 10.9. The summed E-state index contributed by atoms with van der Waals surface area (Å²) in [6.07, 6.45) is 0. The minimum atomic E-state index is -0.203. The summed E-state index contributed by atoms with van der Waals surface area (Å²) in [4.78, 5) is 16.8. The van der Waals surface area contributed by atoms with E-state index in [2.05, 4.69) is 15.4 Å². The molecule has 0 atom stereocenters. The lowest BCUT2D eigenvalue weighted by molar-refractivity contribution is 0.0937. The van der Waals surface area contributed by atoms with Crippen molar-refractivity contribution in [2.24, 2.45) is 0 Å². The van der Waals surface area contributed by atoms with Gasteiger partial charge in [-0.05, 0) is 52.3 Å². The molecule has 0 spiro atoms. The predicted molar refractivity (Wildman–Crippen MR) is 79.2 cm³/mol. The monoisotopic (exact) mass is 272 g/mol. The largest absolute Gasteiger partial charge is 0.368 e. The lowest BCUT2D eigenvalue weighted by atomic mass is 10.2. The fourth-order valence-corrected chi connectivity index (χ4v) is 1.96. The Kier molecular flexibility index (Phi) is 3.88. The van der Waals surface area contributed by atoms with Gasteiger partial charge in [0, 0.05) is 11.7 Å². The smallest absolute Gasteiger partial charge is 0.297 e. The van der Waals surface area contributed by atoms with Crippen LogP contribution in [0.3, 0.4) is 0 Å². The van der Waals surface area contributed by atoms with Crippen molar-refractivity contribution in [3.8, 4) is 0 Å². The van der Waals surface area contributed by atoms with E-state index in [0.717, 1.165) is 17.0 Å². The van der Waals surface area contributed by atoms with Gasteiger partial charge in [-0.25, -0.2) is 4.98 Å². The molecule has 0 aliphatic rings. The number of hydrogen-bond acceptors (Lipinski definition) is 4. The maximum absolute atomic E-state index is 12.5. The molecule has 2 aromatic rings. The quantitative estimate of drug-likeness (QED) is 0.933. The molecule has 0 aliphatic heterocycles. The fraction of sp³-hybridized carbons (Fsp3) is 0.400. The van der Waals surface area contributed by atoms with Crippen molar-refractivity contribution in [3.63, 3.8) is 0 Å². The van der Waals surface area contributed by atoms with Gasteiger partial charge >= 0.3 is 0 Å². The van der Waals surface area contributed by atoms with E-state index in [1.807, 2.05) is 46.8 Å². The molecule has 20 heavy (non-hydrogen) atoms. The molecule has 2 rings (SSSR count). The summed E-state index contributed by atoms with van der Waals surface area (Å²) in [5.41, 5.74) is 3.15. The lowest BCUT2D eigenvalue weighted by Crippen LogP contribution is -2.18. The highest BCUT2D eigenvalue weighted by molar-refractivity contribution is 5.94. The van der Waals surface area contributed by atoms with Gasteiger partial charge < -0.3 is 5.32 Å². The average Bonchev–Trinajstić information content (AvgIpc) is 2.65. The Morgan fingerprint density at radius 3 is 2.50 bits per heavy atom. The second kappa shape index (κ2) is 5.45. The van der Waals surface area contributed by atoms with Gasteiger partial charge in [-0.3, -0.25) is 4.79 Å². The number of nitrogens with one attached hydrogen (secondary N) is 1. The molecule has 0 amide bonds. The second-order valence-corrected chi connectivity index (χ2v) is 5.22. The molecule has 0 aliphatic carbocycles. The Morgan fingerprint density at radius 1 is 1.25 bits per heavy atom. The number of anilines is 1. The molecule has 0 aromatic carbocycles. The second-order valence-electron chi connectivity index (χ2n) is 5.22. The van der Waals surface area contributed by atoms with Crippen LogP contribution in [-0.4, -0.2) is 26.7 Å². The molecule has 0 bridgehead atoms. The summed E-state index contributed by atoms with van der Waals surface area (Å²) in [6, 6.07) is 5.65. The van der Waals surface area contributed by atoms with Crippen molar-refractivity contribution in [2.45, 2.75) is 40.7 Å². The van der Waals surface area contributed by atoms with Crippen LogP contribution in [0, 0.1) is 20.8 Å². The molecular weight excluding hydrogens is 252 g/mol. The molecular formula is C15H20N4O. The van der Waals surface area contributed by atoms with Crippen LogP contribution in [0.4, 0.5) is 5.82 Å². The van der Waals surface area contributed by atoms with Crippen LogP contribution in [0.5, 0.6) is 0 Å². The number of rotatable bonds is 3. The minimum Gasteiger partial charge on any atom is -0.368 e. The highest BCUT2D eigenvalue weighted by Gasteiger charge is 2.17. The van der Waals surface area contributed by atoms with E-state index in [1.165, 1.54) is 4.68 Å². The van der Waals surface area contributed by atoms with Crippen LogP contribution >= 0.6 is 0 Å². The highest BCUT2D eigenvalue weighted by Crippen LogP contribution is 2.14. The van der Waals surface area contributed by atoms with Gasteiger partial charge in [0.15, 0.2) is 0 Å². The molecule has 0 saturated carbocycles. The van der Waals surface area contributed by atoms with E-state index in [9.17, 15) is 4.79 Å². The van der Waals surface area contributed by atoms with E-state index in [0.29, 0.717) is 11.5 Å². The number of carbonyl (C=O) groups excluding carboxylic acids is 1. The molecule has 5 nitrogen and oxygen atoms in total. The number of pyridine rings is 1. The molecule has 0 radical (unpaired) electrons. The van der Waals surface area contributed by atoms with Crippen LogP contribution in [0.25, 0.3) is 0 Å². The van der Waals surface area contributed by atoms with Crippen LogP contribution < -0.4 is 5.32 Å². The molecule has 0 saturated heterocycles. The Hall–Kier alpha value is -2.17. The zero-order valence-electron chi connectivity index (χ0n) is 12.6. The molecule has 0 unspecified atom stereocenters. The van der Waals surface area contributed by atoms with Crippen LogP contribution in [0.15, 0.2) is 18.2 Å². The summed E-state index contributed by atoms with van der Waals surface area (Å²) < 4.78 is 1.42. The minimum absolute atomic E-state index is 0.203. The molecule has 1 N–H and O–H groups in total. The van der Waals surface area contributed by atoms with Crippen LogP contribution in [0.2, 0.25) is 0 Å². The fourth-order valence-electron chi connectivity index (χ4n) is 1.96. The Balaban J connectivity index is 2.36. The van der Waals surface area contributed by atoms with E-state index in [1.54, 1.807) is 6.07 Å². The van der Waals surface area contributed by atoms with Crippen LogP contribution in [-0.2, 0) is 0 Å². The first-order chi connectivity index (χ1) is 9.40. The van der Waals surface area contributed by atoms with E-state index in [4.69, 9.17) is 0 Å². The first-order valence-electron chi connectivity index (χ1n) is 6.71. The van der Waals surface area contributed by atoms with Crippen molar-refractivity contribution < 1.29 is 4.79 Å². The zero-order valence-corrected chi connectivity index (χ0v) is 12.6. The summed E-state index contributed by atoms with van der Waals surface area (Å²) in [5.74, 6) is 0.496. The predicted octanol–water partition coefficient (Wildman–Crippen LogP) is 2.71. The van der Waals surface area contributed by atoms with Gasteiger partial charge in [0.2, 0.25) is 0 Å². The van der Waals surface area contributed by atoms with E-state index >= 15 is 0 Å². The maximum Gasteiger partial charge on any atom is 0.297 e. The Labute approximate surface area is 119 Å². The molecule has 2 heterocycles. The zero-order chi connectivity index (χ0) is 14.9. The number of hydrogen-bond donors (Lipinski definition) is 1. The highest BCUT2D eigenvalue weighted by atomic mass is 16.2. The van der Waals surface area contributed by atoms with Crippen molar-refractivity contribution in [3.05, 3.63) is 40.8 Å². The van der Waals surface area contributed by atoms with Gasteiger partial charge in [-0.2, -0.15) is 9.78 Å². The van der Waals surface area contributed by atoms with Gasteiger partial charge in [0.05, 0.1) is 5.69 Å². The molecule has 106 valence electrons. The number of aromatic nitrogens is 3. The third kappa shape index (κ3) is 2.71. The van der Waals surface area contributed by atoms with Gasteiger partial charge in [-0.1, -0.05) is 6.07 Å². The summed E-state index contributed by atoms with van der Waals surface area (Å²) in [6.45, 7) is 9.81. The Bertz CT molecular complexity index is 643. The van der Waals surface area contributed by atoms with Crippen molar-refractivity contribution in [1.82, 2.24) is 14.8 Å². The summed E-state index contributed by atoms with van der Waals surface area (Å²) in [5, 5.41) is 7.47. The van der Waals surface area contributed by atoms with Gasteiger partial charge in [-0.15, -0.1) is 0 Å². The Morgan fingerprint density at radius 2 is 1.95 bits per heavy atom. The van der Waals surface area contributed by atoms with E-state index < -0.39 is 0 Å². The first-order valence-corrected chi connectivity index (χ1v) is 6.71. The SMILES string of the molecule is Cc1nn(C(=O)c2cccc(NC(C)C)n2)c(C)c1C. The van der Waals surface area contributed by atoms with Crippen molar-refractivity contribution >= 4 is 11.7 Å². The van der Waals surface area contributed by atoms with Gasteiger partial charge in [0.1, 0.15) is 11.5 Å².